The Labute approximate surface area is 183 Å². The molecule has 4 rings (SSSR count). The zero-order chi connectivity index (χ0) is 21.8. The molecule has 0 unspecified atom stereocenters. The number of carbonyl (C=O) groups is 2. The number of nitrogens with one attached hydrogen (secondary N) is 1. The van der Waals surface area contributed by atoms with Gasteiger partial charge in [-0.1, -0.05) is 31.0 Å². The van der Waals surface area contributed by atoms with Crippen LogP contribution in [0.3, 0.4) is 0 Å². The van der Waals surface area contributed by atoms with Crippen molar-refractivity contribution in [2.45, 2.75) is 51.5 Å². The molecule has 1 aromatic heterocycles. The van der Waals surface area contributed by atoms with E-state index in [0.29, 0.717) is 31.6 Å². The first-order valence-corrected chi connectivity index (χ1v) is 11.2. The lowest BCUT2D eigenvalue weighted by molar-refractivity contribution is -0.139. The average molecular weight is 424 g/mol. The summed E-state index contributed by atoms with van der Waals surface area (Å²) in [6.45, 7) is 3.21. The Morgan fingerprint density at radius 1 is 1.16 bits per heavy atom. The molecule has 2 aromatic rings. The number of nitrogens with zero attached hydrogens (tertiary/aromatic N) is 2. The van der Waals surface area contributed by atoms with Crippen molar-refractivity contribution in [3.8, 4) is 0 Å². The molecule has 0 radical (unpaired) electrons. The quantitative estimate of drug-likeness (QED) is 0.792. The maximum absolute atomic E-state index is 13.8. The van der Waals surface area contributed by atoms with Crippen molar-refractivity contribution >= 4 is 11.8 Å². The van der Waals surface area contributed by atoms with E-state index in [0.717, 1.165) is 36.8 Å². The van der Waals surface area contributed by atoms with Crippen molar-refractivity contribution in [1.82, 2.24) is 15.2 Å². The molecule has 2 heterocycles. The molecular weight excluding hydrogens is 393 g/mol. The minimum Gasteiger partial charge on any atom is -0.352 e. The molecule has 1 aliphatic carbocycles. The normalized spacial score (nSPS) is 21.8. The average Bonchev–Trinajstić information content (AvgIpc) is 3.34. The molecule has 2 aliphatic rings. The third-order valence-electron chi connectivity index (χ3n) is 6.68. The molecule has 1 N–H and O–H groups in total. The van der Waals surface area contributed by atoms with Crippen molar-refractivity contribution in [2.75, 3.05) is 13.1 Å². The van der Waals surface area contributed by atoms with E-state index in [-0.39, 0.29) is 35.4 Å². The van der Waals surface area contributed by atoms with Crippen LogP contribution >= 0.6 is 0 Å². The zero-order valence-electron chi connectivity index (χ0n) is 18.0. The summed E-state index contributed by atoms with van der Waals surface area (Å²) in [4.78, 5) is 32.2. The lowest BCUT2D eigenvalue weighted by atomic mass is 9.83. The molecule has 1 saturated heterocycles. The smallest absolute Gasteiger partial charge is 0.225 e. The zero-order valence-corrected chi connectivity index (χ0v) is 18.0. The van der Waals surface area contributed by atoms with Gasteiger partial charge in [0.15, 0.2) is 0 Å². The fourth-order valence-corrected chi connectivity index (χ4v) is 4.90. The summed E-state index contributed by atoms with van der Waals surface area (Å²) >= 11 is 0. The van der Waals surface area contributed by atoms with Gasteiger partial charge in [0, 0.05) is 43.9 Å². The van der Waals surface area contributed by atoms with Gasteiger partial charge in [-0.2, -0.15) is 0 Å². The fraction of sp³-hybridized carbons (Fsp3) is 0.480. The summed E-state index contributed by atoms with van der Waals surface area (Å²) in [5.74, 6) is -0.293. The summed E-state index contributed by atoms with van der Waals surface area (Å²) in [5, 5.41) is 3.01. The van der Waals surface area contributed by atoms with Crippen LogP contribution in [0.15, 0.2) is 42.7 Å². The van der Waals surface area contributed by atoms with Gasteiger partial charge in [-0.05, 0) is 55.0 Å². The highest BCUT2D eigenvalue weighted by Gasteiger charge is 2.37. The first-order chi connectivity index (χ1) is 15.0. The van der Waals surface area contributed by atoms with E-state index in [1.165, 1.54) is 6.07 Å². The van der Waals surface area contributed by atoms with E-state index in [2.05, 4.69) is 10.3 Å². The number of aromatic nitrogens is 1. The minimum absolute atomic E-state index is 0.0209. The SMILES string of the molecule is Cc1cc([C@@H]2C[C@H](C(=O)NCc3cccnc3)CN(C(=O)C3CCCC3)C2)ccc1F. The highest BCUT2D eigenvalue weighted by atomic mass is 19.1. The van der Waals surface area contributed by atoms with E-state index < -0.39 is 0 Å². The Kier molecular flexibility index (Phi) is 6.64. The van der Waals surface area contributed by atoms with Crippen molar-refractivity contribution in [3.05, 3.63) is 65.2 Å². The predicted molar refractivity (Wildman–Crippen MR) is 117 cm³/mol. The topological polar surface area (TPSA) is 62.3 Å². The molecular formula is C25H30FN3O2. The lowest BCUT2D eigenvalue weighted by Crippen LogP contribution is -2.49. The van der Waals surface area contributed by atoms with Gasteiger partial charge in [-0.3, -0.25) is 14.6 Å². The molecule has 6 heteroatoms. The third kappa shape index (κ3) is 5.12. The Morgan fingerprint density at radius 2 is 1.97 bits per heavy atom. The number of likely N-dealkylation sites (tertiary alicyclic amines) is 1. The number of rotatable bonds is 5. The van der Waals surface area contributed by atoms with Crippen LogP contribution in [0.25, 0.3) is 0 Å². The van der Waals surface area contributed by atoms with E-state index in [9.17, 15) is 14.0 Å². The number of hydrogen-bond donors (Lipinski definition) is 1. The first-order valence-electron chi connectivity index (χ1n) is 11.2. The van der Waals surface area contributed by atoms with Crippen molar-refractivity contribution in [3.63, 3.8) is 0 Å². The second-order valence-electron chi connectivity index (χ2n) is 8.94. The van der Waals surface area contributed by atoms with Crippen LogP contribution in [-0.4, -0.2) is 34.8 Å². The van der Waals surface area contributed by atoms with Crippen LogP contribution in [0, 0.1) is 24.6 Å². The van der Waals surface area contributed by atoms with Crippen molar-refractivity contribution in [1.29, 1.82) is 0 Å². The van der Waals surface area contributed by atoms with Gasteiger partial charge in [0.05, 0.1) is 5.92 Å². The van der Waals surface area contributed by atoms with Crippen LogP contribution in [0.2, 0.25) is 0 Å². The molecule has 5 nitrogen and oxygen atoms in total. The number of carbonyl (C=O) groups excluding carboxylic acids is 2. The monoisotopic (exact) mass is 423 g/mol. The third-order valence-corrected chi connectivity index (χ3v) is 6.68. The molecule has 31 heavy (non-hydrogen) atoms. The highest BCUT2D eigenvalue weighted by molar-refractivity contribution is 5.82. The van der Waals surface area contributed by atoms with Gasteiger partial charge >= 0.3 is 0 Å². The fourth-order valence-electron chi connectivity index (χ4n) is 4.90. The molecule has 2 fully saturated rings. The second-order valence-corrected chi connectivity index (χ2v) is 8.94. The molecule has 164 valence electrons. The van der Waals surface area contributed by atoms with Crippen LogP contribution in [0.5, 0.6) is 0 Å². The molecule has 1 saturated carbocycles. The van der Waals surface area contributed by atoms with Crippen LogP contribution < -0.4 is 5.32 Å². The van der Waals surface area contributed by atoms with Gasteiger partial charge in [0.25, 0.3) is 0 Å². The first kappa shape index (κ1) is 21.5. The van der Waals surface area contributed by atoms with Crippen molar-refractivity contribution in [2.24, 2.45) is 11.8 Å². The summed E-state index contributed by atoms with van der Waals surface area (Å²) in [6.07, 6.45) is 8.16. The largest absolute Gasteiger partial charge is 0.352 e. The second kappa shape index (κ2) is 9.58. The Hall–Kier alpha value is -2.76. The molecule has 2 amide bonds. The summed E-state index contributed by atoms with van der Waals surface area (Å²) in [6, 6.07) is 8.90. The molecule has 2 atom stereocenters. The van der Waals surface area contributed by atoms with E-state index in [1.807, 2.05) is 23.1 Å². The van der Waals surface area contributed by atoms with Crippen LogP contribution in [-0.2, 0) is 16.1 Å². The van der Waals surface area contributed by atoms with Crippen LogP contribution in [0.4, 0.5) is 4.39 Å². The number of benzene rings is 1. The standard InChI is InChI=1S/C25H30FN3O2/c1-17-11-20(8-9-23(17)26)21-12-22(24(30)28-14-18-5-4-10-27-13-18)16-29(15-21)25(31)19-6-2-3-7-19/h4-5,8-11,13,19,21-22H,2-3,6-7,12,14-16H2,1H3,(H,28,30)/t21-,22+/m1/s1. The summed E-state index contributed by atoms with van der Waals surface area (Å²) in [7, 11) is 0. The van der Waals surface area contributed by atoms with Gasteiger partial charge in [0.2, 0.25) is 11.8 Å². The Morgan fingerprint density at radius 3 is 2.68 bits per heavy atom. The Balaban J connectivity index is 1.51. The van der Waals surface area contributed by atoms with E-state index in [1.54, 1.807) is 25.4 Å². The number of amides is 2. The van der Waals surface area contributed by atoms with Gasteiger partial charge in [-0.15, -0.1) is 0 Å². The molecule has 1 aromatic carbocycles. The van der Waals surface area contributed by atoms with Gasteiger partial charge in [-0.25, -0.2) is 4.39 Å². The number of aryl methyl sites for hydroxylation is 1. The van der Waals surface area contributed by atoms with Gasteiger partial charge in [0.1, 0.15) is 5.82 Å². The van der Waals surface area contributed by atoms with Gasteiger partial charge < -0.3 is 10.2 Å². The van der Waals surface area contributed by atoms with Crippen molar-refractivity contribution < 1.29 is 14.0 Å². The molecule has 1 aliphatic heterocycles. The minimum atomic E-state index is -0.286. The maximum atomic E-state index is 13.8. The number of halogens is 1. The Bertz CT molecular complexity index is 928. The maximum Gasteiger partial charge on any atom is 0.225 e. The predicted octanol–water partition coefficient (Wildman–Crippen LogP) is 3.97. The summed E-state index contributed by atoms with van der Waals surface area (Å²) < 4.78 is 13.8. The van der Waals surface area contributed by atoms with E-state index in [4.69, 9.17) is 0 Å². The number of pyridine rings is 1. The number of piperidine rings is 1. The lowest BCUT2D eigenvalue weighted by Gasteiger charge is -2.38. The highest BCUT2D eigenvalue weighted by Crippen LogP contribution is 2.34. The van der Waals surface area contributed by atoms with E-state index >= 15 is 0 Å². The number of hydrogen-bond acceptors (Lipinski definition) is 3. The van der Waals surface area contributed by atoms with Crippen LogP contribution in [0.1, 0.15) is 54.7 Å². The molecule has 0 bridgehead atoms. The molecule has 0 spiro atoms. The summed E-state index contributed by atoms with van der Waals surface area (Å²) in [5.41, 5.74) is 2.53.